The monoisotopic (exact) mass is 403 g/mol. The van der Waals surface area contributed by atoms with Crippen LogP contribution in [0.3, 0.4) is 0 Å². The SMILES string of the molecule is CCOC(=O)c1sc(C(C)NC(=NC)NCCCNc2ccccc2)nc1C. The van der Waals surface area contributed by atoms with Crippen LogP contribution < -0.4 is 16.0 Å². The fourth-order valence-electron chi connectivity index (χ4n) is 2.53. The summed E-state index contributed by atoms with van der Waals surface area (Å²) in [5.74, 6) is 0.391. The highest BCUT2D eigenvalue weighted by Crippen LogP contribution is 2.24. The first-order valence-electron chi connectivity index (χ1n) is 9.45. The van der Waals surface area contributed by atoms with Gasteiger partial charge in [-0.2, -0.15) is 0 Å². The average molecular weight is 404 g/mol. The van der Waals surface area contributed by atoms with E-state index >= 15 is 0 Å². The van der Waals surface area contributed by atoms with Crippen LogP contribution in [0.1, 0.15) is 46.7 Å². The number of ether oxygens (including phenoxy) is 1. The Morgan fingerprint density at radius 1 is 1.29 bits per heavy atom. The lowest BCUT2D eigenvalue weighted by Gasteiger charge is -2.16. The van der Waals surface area contributed by atoms with Crippen molar-refractivity contribution in [1.82, 2.24) is 15.6 Å². The molecule has 0 saturated carbocycles. The van der Waals surface area contributed by atoms with E-state index in [0.29, 0.717) is 23.1 Å². The molecular formula is C20H29N5O2S. The first kappa shape index (κ1) is 21.7. The maximum Gasteiger partial charge on any atom is 0.350 e. The number of benzene rings is 1. The van der Waals surface area contributed by atoms with Crippen molar-refractivity contribution in [3.63, 3.8) is 0 Å². The van der Waals surface area contributed by atoms with Gasteiger partial charge in [-0.15, -0.1) is 11.3 Å². The van der Waals surface area contributed by atoms with Gasteiger partial charge in [0.15, 0.2) is 5.96 Å². The fraction of sp³-hybridized carbons (Fsp3) is 0.450. The molecule has 1 heterocycles. The highest BCUT2D eigenvalue weighted by Gasteiger charge is 2.20. The quantitative estimate of drug-likeness (QED) is 0.258. The lowest BCUT2D eigenvalue weighted by atomic mass is 10.3. The molecule has 0 aliphatic heterocycles. The molecule has 0 fully saturated rings. The van der Waals surface area contributed by atoms with Crippen molar-refractivity contribution >= 4 is 29.0 Å². The molecule has 28 heavy (non-hydrogen) atoms. The fourth-order valence-corrected chi connectivity index (χ4v) is 3.50. The van der Waals surface area contributed by atoms with Crippen LogP contribution in [0.15, 0.2) is 35.3 Å². The number of thiazole rings is 1. The van der Waals surface area contributed by atoms with E-state index < -0.39 is 0 Å². The van der Waals surface area contributed by atoms with Crippen LogP contribution in [0.2, 0.25) is 0 Å². The molecule has 1 atom stereocenters. The Kier molecular flexibility index (Phi) is 8.74. The number of carbonyl (C=O) groups is 1. The maximum absolute atomic E-state index is 12.0. The van der Waals surface area contributed by atoms with E-state index in [1.807, 2.05) is 32.0 Å². The van der Waals surface area contributed by atoms with Crippen LogP contribution in [0.5, 0.6) is 0 Å². The zero-order valence-corrected chi connectivity index (χ0v) is 17.7. The number of anilines is 1. The summed E-state index contributed by atoms with van der Waals surface area (Å²) in [6.07, 6.45) is 0.952. The molecule has 8 heteroatoms. The standard InChI is InChI=1S/C20H29N5O2S/c1-5-27-19(26)17-14(2)24-18(28-17)15(3)25-20(21-4)23-13-9-12-22-16-10-7-6-8-11-16/h6-8,10-11,15,22H,5,9,12-13H2,1-4H3,(H2,21,23,25). The van der Waals surface area contributed by atoms with Gasteiger partial charge in [0, 0.05) is 25.8 Å². The van der Waals surface area contributed by atoms with Gasteiger partial charge in [0.2, 0.25) is 0 Å². The molecule has 7 nitrogen and oxygen atoms in total. The van der Waals surface area contributed by atoms with Crippen LogP contribution in [-0.2, 0) is 4.74 Å². The minimum atomic E-state index is -0.315. The van der Waals surface area contributed by atoms with Gasteiger partial charge in [-0.05, 0) is 39.3 Å². The number of rotatable bonds is 9. The van der Waals surface area contributed by atoms with E-state index in [1.165, 1.54) is 11.3 Å². The van der Waals surface area contributed by atoms with Crippen molar-refractivity contribution in [3.8, 4) is 0 Å². The number of esters is 1. The Morgan fingerprint density at radius 3 is 2.71 bits per heavy atom. The molecule has 152 valence electrons. The first-order valence-corrected chi connectivity index (χ1v) is 10.3. The number of guanidine groups is 1. The Bertz CT molecular complexity index is 776. The minimum Gasteiger partial charge on any atom is -0.462 e. The molecule has 0 aliphatic rings. The summed E-state index contributed by atoms with van der Waals surface area (Å²) in [6, 6.07) is 10.1. The summed E-state index contributed by atoms with van der Waals surface area (Å²) in [4.78, 5) is 21.3. The summed E-state index contributed by atoms with van der Waals surface area (Å²) in [5, 5.41) is 10.8. The first-order chi connectivity index (χ1) is 13.5. The maximum atomic E-state index is 12.0. The van der Waals surface area contributed by atoms with E-state index in [9.17, 15) is 4.79 Å². The van der Waals surface area contributed by atoms with E-state index in [1.54, 1.807) is 14.0 Å². The summed E-state index contributed by atoms with van der Waals surface area (Å²) in [7, 11) is 1.74. The number of aromatic nitrogens is 1. The number of para-hydroxylation sites is 1. The topological polar surface area (TPSA) is 87.6 Å². The van der Waals surface area contributed by atoms with E-state index in [4.69, 9.17) is 4.74 Å². The minimum absolute atomic E-state index is 0.0690. The normalized spacial score (nSPS) is 12.4. The number of nitrogens with one attached hydrogen (secondary N) is 3. The molecule has 2 rings (SSSR count). The molecule has 0 bridgehead atoms. The van der Waals surface area contributed by atoms with E-state index in [2.05, 4.69) is 38.1 Å². The third kappa shape index (κ3) is 6.53. The van der Waals surface area contributed by atoms with Gasteiger partial charge in [-0.1, -0.05) is 18.2 Å². The van der Waals surface area contributed by atoms with Crippen LogP contribution in [0.4, 0.5) is 5.69 Å². The summed E-state index contributed by atoms with van der Waals surface area (Å²) < 4.78 is 5.08. The van der Waals surface area contributed by atoms with Crippen molar-refractivity contribution in [1.29, 1.82) is 0 Å². The second kappa shape index (κ2) is 11.3. The second-order valence-corrected chi connectivity index (χ2v) is 7.23. The molecule has 0 amide bonds. The number of carbonyl (C=O) groups excluding carboxylic acids is 1. The zero-order valence-electron chi connectivity index (χ0n) is 16.9. The van der Waals surface area contributed by atoms with E-state index in [0.717, 1.165) is 30.2 Å². The predicted molar refractivity (Wildman–Crippen MR) is 115 cm³/mol. The van der Waals surface area contributed by atoms with Crippen molar-refractivity contribution < 1.29 is 9.53 Å². The largest absolute Gasteiger partial charge is 0.462 e. The Morgan fingerprint density at radius 2 is 2.04 bits per heavy atom. The lowest BCUT2D eigenvalue weighted by Crippen LogP contribution is -2.39. The zero-order chi connectivity index (χ0) is 20.4. The number of hydrogen-bond acceptors (Lipinski definition) is 6. The molecular weight excluding hydrogens is 374 g/mol. The Hall–Kier alpha value is -2.61. The molecule has 1 unspecified atom stereocenters. The molecule has 1 aromatic carbocycles. The number of nitrogens with zero attached hydrogens (tertiary/aromatic N) is 2. The molecule has 0 radical (unpaired) electrons. The van der Waals surface area contributed by atoms with E-state index in [-0.39, 0.29) is 12.0 Å². The van der Waals surface area contributed by atoms with Gasteiger partial charge < -0.3 is 20.7 Å². The van der Waals surface area contributed by atoms with Gasteiger partial charge in [0.05, 0.1) is 18.3 Å². The third-order valence-electron chi connectivity index (χ3n) is 3.97. The van der Waals surface area contributed by atoms with Gasteiger partial charge >= 0.3 is 5.97 Å². The highest BCUT2D eigenvalue weighted by molar-refractivity contribution is 7.13. The Labute approximate surface area is 170 Å². The number of hydrogen-bond donors (Lipinski definition) is 3. The Balaban J connectivity index is 1.79. The summed E-state index contributed by atoms with van der Waals surface area (Å²) in [6.45, 7) is 7.64. The van der Waals surface area contributed by atoms with Crippen molar-refractivity contribution in [2.75, 3.05) is 32.1 Å². The second-order valence-electron chi connectivity index (χ2n) is 6.20. The molecule has 0 spiro atoms. The van der Waals surface area contributed by atoms with Gasteiger partial charge in [0.1, 0.15) is 9.88 Å². The number of aryl methyl sites for hydroxylation is 1. The molecule has 0 aliphatic carbocycles. The van der Waals surface area contributed by atoms with Crippen LogP contribution in [0, 0.1) is 6.92 Å². The predicted octanol–water partition coefficient (Wildman–Crippen LogP) is 3.36. The van der Waals surface area contributed by atoms with Gasteiger partial charge in [-0.25, -0.2) is 9.78 Å². The van der Waals surface area contributed by atoms with Crippen LogP contribution >= 0.6 is 11.3 Å². The third-order valence-corrected chi connectivity index (χ3v) is 5.29. The lowest BCUT2D eigenvalue weighted by molar-refractivity contribution is 0.0531. The molecule has 2 aromatic rings. The van der Waals surface area contributed by atoms with Crippen LogP contribution in [0.25, 0.3) is 0 Å². The molecule has 0 saturated heterocycles. The van der Waals surface area contributed by atoms with Crippen LogP contribution in [-0.4, -0.2) is 43.7 Å². The van der Waals surface area contributed by atoms with Crippen molar-refractivity contribution in [3.05, 3.63) is 45.9 Å². The highest BCUT2D eigenvalue weighted by atomic mass is 32.1. The molecule has 3 N–H and O–H groups in total. The van der Waals surface area contributed by atoms with Gasteiger partial charge in [0.25, 0.3) is 0 Å². The summed E-state index contributed by atoms with van der Waals surface area (Å²) >= 11 is 1.36. The molecule has 1 aromatic heterocycles. The smallest absolute Gasteiger partial charge is 0.350 e. The number of aliphatic imine (C=N–C) groups is 1. The average Bonchev–Trinajstić information content (AvgIpc) is 3.09. The van der Waals surface area contributed by atoms with Crippen molar-refractivity contribution in [2.24, 2.45) is 4.99 Å². The summed E-state index contributed by atoms with van der Waals surface area (Å²) in [5.41, 5.74) is 1.82. The van der Waals surface area contributed by atoms with Gasteiger partial charge in [-0.3, -0.25) is 4.99 Å². The van der Waals surface area contributed by atoms with Crippen molar-refractivity contribution in [2.45, 2.75) is 33.2 Å².